The van der Waals surface area contributed by atoms with Crippen LogP contribution in [0.15, 0.2) is 24.3 Å². The van der Waals surface area contributed by atoms with E-state index in [1.54, 1.807) is 6.92 Å². The number of fused-ring (bicyclic) bond motifs is 3. The van der Waals surface area contributed by atoms with Crippen molar-refractivity contribution in [1.29, 1.82) is 0 Å². The maximum atomic E-state index is 12.3. The predicted molar refractivity (Wildman–Crippen MR) is 112 cm³/mol. The second-order valence-corrected chi connectivity index (χ2v) is 7.78. The molecule has 2 heterocycles. The molecule has 154 valence electrons. The average Bonchev–Trinajstić information content (AvgIpc) is 3.04. The quantitative estimate of drug-likeness (QED) is 0.620. The SMILES string of the molecule is Cc1nc2c3ccccc3nn2c(C)c1CCC(=O)OC(C)C(=O)NCC(C)C. The molecule has 0 aliphatic heterocycles. The third-order valence-corrected chi connectivity index (χ3v) is 4.96. The van der Waals surface area contributed by atoms with Gasteiger partial charge in [0.2, 0.25) is 0 Å². The highest BCUT2D eigenvalue weighted by Crippen LogP contribution is 2.23. The fraction of sp³-hybridized carbons (Fsp3) is 0.455. The Balaban J connectivity index is 1.69. The number of carbonyl (C=O) groups excluding carboxylic acids is 2. The maximum Gasteiger partial charge on any atom is 0.306 e. The lowest BCUT2D eigenvalue weighted by molar-refractivity contribution is -0.154. The van der Waals surface area contributed by atoms with Crippen LogP contribution in [0.25, 0.3) is 16.6 Å². The molecular weight excluding hydrogens is 368 g/mol. The highest BCUT2D eigenvalue weighted by atomic mass is 16.5. The molecule has 0 aliphatic rings. The molecule has 3 rings (SSSR count). The molecule has 0 saturated heterocycles. The van der Waals surface area contributed by atoms with Gasteiger partial charge < -0.3 is 10.1 Å². The summed E-state index contributed by atoms with van der Waals surface area (Å²) in [6.07, 6.45) is -0.145. The fourth-order valence-electron chi connectivity index (χ4n) is 3.32. The van der Waals surface area contributed by atoms with Gasteiger partial charge in [-0.05, 0) is 50.8 Å². The minimum atomic E-state index is -0.805. The van der Waals surface area contributed by atoms with Crippen LogP contribution in [0.2, 0.25) is 0 Å². The van der Waals surface area contributed by atoms with Gasteiger partial charge in [0.15, 0.2) is 11.8 Å². The van der Waals surface area contributed by atoms with Crippen LogP contribution in [-0.4, -0.2) is 39.1 Å². The van der Waals surface area contributed by atoms with Crippen LogP contribution in [0.3, 0.4) is 0 Å². The van der Waals surface area contributed by atoms with E-state index < -0.39 is 12.1 Å². The third-order valence-electron chi connectivity index (χ3n) is 4.96. The summed E-state index contributed by atoms with van der Waals surface area (Å²) in [4.78, 5) is 29.0. The zero-order chi connectivity index (χ0) is 21.1. The van der Waals surface area contributed by atoms with Crippen LogP contribution in [0, 0.1) is 19.8 Å². The van der Waals surface area contributed by atoms with E-state index in [2.05, 4.69) is 10.4 Å². The lowest BCUT2D eigenvalue weighted by atomic mass is 10.1. The van der Waals surface area contributed by atoms with Crippen molar-refractivity contribution in [2.24, 2.45) is 5.92 Å². The minimum Gasteiger partial charge on any atom is -0.453 e. The first kappa shape index (κ1) is 20.8. The molecule has 7 nitrogen and oxygen atoms in total. The van der Waals surface area contributed by atoms with Gasteiger partial charge in [-0.15, -0.1) is 0 Å². The molecule has 0 radical (unpaired) electrons. The van der Waals surface area contributed by atoms with Gasteiger partial charge in [0, 0.05) is 29.7 Å². The Kier molecular flexibility index (Phi) is 6.15. The zero-order valence-corrected chi connectivity index (χ0v) is 17.7. The minimum absolute atomic E-state index is 0.178. The van der Waals surface area contributed by atoms with Crippen LogP contribution in [0.4, 0.5) is 0 Å². The highest BCUT2D eigenvalue weighted by molar-refractivity contribution is 5.92. The Bertz CT molecular complexity index is 1060. The normalized spacial score (nSPS) is 12.5. The molecule has 1 atom stereocenters. The molecule has 7 heteroatoms. The smallest absolute Gasteiger partial charge is 0.306 e. The van der Waals surface area contributed by atoms with Crippen molar-refractivity contribution in [3.63, 3.8) is 0 Å². The molecule has 0 spiro atoms. The second-order valence-electron chi connectivity index (χ2n) is 7.78. The van der Waals surface area contributed by atoms with Crippen LogP contribution >= 0.6 is 0 Å². The molecule has 1 unspecified atom stereocenters. The first-order chi connectivity index (χ1) is 13.8. The lowest BCUT2D eigenvalue weighted by Gasteiger charge is -2.15. The van der Waals surface area contributed by atoms with Gasteiger partial charge in [-0.1, -0.05) is 26.0 Å². The van der Waals surface area contributed by atoms with Crippen molar-refractivity contribution >= 4 is 28.4 Å². The van der Waals surface area contributed by atoms with Crippen LogP contribution in [-0.2, 0) is 20.7 Å². The molecule has 3 aromatic rings. The number of esters is 1. The largest absolute Gasteiger partial charge is 0.453 e. The van der Waals surface area contributed by atoms with Gasteiger partial charge >= 0.3 is 5.97 Å². The van der Waals surface area contributed by atoms with E-state index in [9.17, 15) is 9.59 Å². The summed E-state index contributed by atoms with van der Waals surface area (Å²) in [6.45, 7) is 10.1. The van der Waals surface area contributed by atoms with Crippen molar-refractivity contribution in [3.8, 4) is 0 Å². The van der Waals surface area contributed by atoms with Gasteiger partial charge in [-0.25, -0.2) is 9.50 Å². The molecule has 0 fully saturated rings. The number of aryl methyl sites for hydroxylation is 2. The van der Waals surface area contributed by atoms with Crippen molar-refractivity contribution < 1.29 is 14.3 Å². The molecule has 2 aromatic heterocycles. The maximum absolute atomic E-state index is 12.3. The molecule has 1 amide bonds. The van der Waals surface area contributed by atoms with Gasteiger partial charge in [0.05, 0.1) is 5.52 Å². The Labute approximate surface area is 170 Å². The summed E-state index contributed by atoms with van der Waals surface area (Å²) in [6, 6.07) is 7.89. The second kappa shape index (κ2) is 8.59. The van der Waals surface area contributed by atoms with Crippen molar-refractivity contribution in [3.05, 3.63) is 41.2 Å². The average molecular weight is 396 g/mol. The van der Waals surface area contributed by atoms with Gasteiger partial charge in [0.25, 0.3) is 5.91 Å². The molecule has 1 aromatic carbocycles. The van der Waals surface area contributed by atoms with E-state index in [0.29, 0.717) is 18.9 Å². The van der Waals surface area contributed by atoms with Crippen molar-refractivity contribution in [1.82, 2.24) is 19.9 Å². The number of amides is 1. The van der Waals surface area contributed by atoms with Gasteiger partial charge in [0.1, 0.15) is 0 Å². The molecular formula is C22H28N4O3. The standard InChI is InChI=1S/C22H28N4O3/c1-13(2)12-23-22(28)16(5)29-20(27)11-10-17-14(3)24-21-18-8-6-7-9-19(18)25-26(21)15(17)4/h6-9,13,16H,10-12H2,1-5H3,(H,23,28). The molecule has 0 bridgehead atoms. The van der Waals surface area contributed by atoms with Gasteiger partial charge in [-0.2, -0.15) is 5.10 Å². The number of aromatic nitrogens is 3. The summed E-state index contributed by atoms with van der Waals surface area (Å²) in [5, 5.41) is 8.41. The summed E-state index contributed by atoms with van der Waals surface area (Å²) in [5.74, 6) is -0.332. The summed E-state index contributed by atoms with van der Waals surface area (Å²) < 4.78 is 7.12. The molecule has 29 heavy (non-hydrogen) atoms. The van der Waals surface area contributed by atoms with Gasteiger partial charge in [-0.3, -0.25) is 9.59 Å². The van der Waals surface area contributed by atoms with E-state index in [1.807, 2.05) is 56.5 Å². The Morgan fingerprint density at radius 3 is 2.62 bits per heavy atom. The third kappa shape index (κ3) is 4.55. The first-order valence-electron chi connectivity index (χ1n) is 9.98. The number of carbonyl (C=O) groups is 2. The number of nitrogens with one attached hydrogen (secondary N) is 1. The number of nitrogens with zero attached hydrogens (tertiary/aromatic N) is 3. The Hall–Kier alpha value is -2.96. The summed E-state index contributed by atoms with van der Waals surface area (Å²) in [7, 11) is 0. The Morgan fingerprint density at radius 1 is 1.17 bits per heavy atom. The lowest BCUT2D eigenvalue weighted by Crippen LogP contribution is -2.37. The molecule has 0 saturated carbocycles. The monoisotopic (exact) mass is 396 g/mol. The van der Waals surface area contributed by atoms with Crippen LogP contribution < -0.4 is 5.32 Å². The van der Waals surface area contributed by atoms with E-state index in [-0.39, 0.29) is 12.3 Å². The summed E-state index contributed by atoms with van der Waals surface area (Å²) >= 11 is 0. The molecule has 0 aliphatic carbocycles. The van der Waals surface area contributed by atoms with E-state index in [0.717, 1.165) is 33.5 Å². The fourth-order valence-corrected chi connectivity index (χ4v) is 3.32. The Morgan fingerprint density at radius 2 is 1.90 bits per heavy atom. The molecule has 1 N–H and O–H groups in total. The predicted octanol–water partition coefficient (Wildman–Crippen LogP) is 3.14. The van der Waals surface area contributed by atoms with E-state index in [1.165, 1.54) is 0 Å². The van der Waals surface area contributed by atoms with Crippen LogP contribution in [0.5, 0.6) is 0 Å². The zero-order valence-electron chi connectivity index (χ0n) is 17.7. The number of rotatable bonds is 7. The first-order valence-corrected chi connectivity index (χ1v) is 9.98. The summed E-state index contributed by atoms with van der Waals surface area (Å²) in [5.41, 5.74) is 4.51. The van der Waals surface area contributed by atoms with Crippen molar-refractivity contribution in [2.45, 2.75) is 53.6 Å². The van der Waals surface area contributed by atoms with E-state index >= 15 is 0 Å². The number of benzene rings is 1. The number of hydrogen-bond acceptors (Lipinski definition) is 5. The number of ether oxygens (including phenoxy) is 1. The highest BCUT2D eigenvalue weighted by Gasteiger charge is 2.19. The number of hydrogen-bond donors (Lipinski definition) is 1. The van der Waals surface area contributed by atoms with E-state index in [4.69, 9.17) is 9.72 Å². The topological polar surface area (TPSA) is 85.6 Å². The van der Waals surface area contributed by atoms with Crippen LogP contribution in [0.1, 0.15) is 44.1 Å². The van der Waals surface area contributed by atoms with Crippen molar-refractivity contribution in [2.75, 3.05) is 6.54 Å².